The summed E-state index contributed by atoms with van der Waals surface area (Å²) in [4.78, 5) is 9.44. The van der Waals surface area contributed by atoms with Crippen LogP contribution in [0.25, 0.3) is 0 Å². The van der Waals surface area contributed by atoms with Crippen molar-refractivity contribution in [3.8, 4) is 17.8 Å². The van der Waals surface area contributed by atoms with Crippen molar-refractivity contribution in [2.24, 2.45) is 0 Å². The molecule has 0 atom stereocenters. The Morgan fingerprint density at radius 1 is 0.390 bits per heavy atom. The van der Waals surface area contributed by atoms with Gasteiger partial charge in [-0.3, -0.25) is 0 Å². The van der Waals surface area contributed by atoms with E-state index < -0.39 is 48.4 Å². The van der Waals surface area contributed by atoms with Gasteiger partial charge in [-0.1, -0.05) is 128 Å². The third-order valence-electron chi connectivity index (χ3n) is 13.1. The average molecular weight is 1800 g/mol. The van der Waals surface area contributed by atoms with Crippen LogP contribution in [-0.2, 0) is 89.0 Å². The minimum absolute atomic E-state index is 0. The van der Waals surface area contributed by atoms with E-state index in [0.29, 0.717) is 5.14 Å². The zero-order valence-corrected chi connectivity index (χ0v) is 57.0. The first-order valence-electron chi connectivity index (χ1n) is 26.3. The summed E-state index contributed by atoms with van der Waals surface area (Å²) in [6, 6.07) is 68.4. The number of benzene rings is 6. The topological polar surface area (TPSA) is 77.8 Å². The molecule has 3 aliphatic rings. The van der Waals surface area contributed by atoms with Crippen LogP contribution in [0.2, 0.25) is 0 Å². The van der Waals surface area contributed by atoms with Crippen molar-refractivity contribution >= 4 is 69.2 Å². The standard InChI is InChI=1S/C37H31P3.3C8H11O.C3H6O.3Au.Cu.F6P/c1-7-19-31(20-8-1)38(32-21-9-2-10-22-32)37(39(33-23-11-3-12-24-33)34-25-13-4-14-26-34)40(35-27-15-5-16-28-35)36-29-17-6-18-30-36;3*1-2-8(9)6-4-3-5-7-8;1-3(2)4;;;;;1-7(2,3,4,5)6/h1-30,37H;3*9H,3-7H2;1-2H3;;;;;/q;3*-1;;4*+1;-1/p+3. The first kappa shape index (κ1) is 79.6. The van der Waals surface area contributed by atoms with Gasteiger partial charge >= 0.3 is 117 Å². The molecule has 6 aromatic carbocycles. The van der Waals surface area contributed by atoms with Crippen molar-refractivity contribution < 1.29 is 130 Å². The van der Waals surface area contributed by atoms with Gasteiger partial charge in [-0.15, -0.1) is 0 Å². The van der Waals surface area contributed by atoms with Gasteiger partial charge in [0, 0.05) is 0 Å². The van der Waals surface area contributed by atoms with Gasteiger partial charge in [-0.2, -0.15) is 0 Å². The largest absolute Gasteiger partial charge is 1.00 e. The van der Waals surface area contributed by atoms with Crippen molar-refractivity contribution in [2.45, 2.75) is 132 Å². The summed E-state index contributed by atoms with van der Waals surface area (Å²) >= 11 is 0. The predicted molar refractivity (Wildman–Crippen MR) is 321 cm³/mol. The summed E-state index contributed by atoms with van der Waals surface area (Å²) in [6.45, 7) is 3.06. The summed E-state index contributed by atoms with van der Waals surface area (Å²) in [7, 11) is -14.4. The van der Waals surface area contributed by atoms with Crippen LogP contribution in [0.5, 0.6) is 0 Å². The molecule has 0 bridgehead atoms. The van der Waals surface area contributed by atoms with Crippen LogP contribution in [0.4, 0.5) is 25.2 Å². The SMILES string of the molecule is CC(C)=O.F[P-](F)(F)(F)(F)F.[Au+].[Au+].[Au+].[C-]#CC1(O)CCCCC1.[C-]#CC1(O)CCCCC1.[C-]#CC1(O)CCCCC1.[Cu+].c1ccc([PH+](c2ccccc2)C([PH+](c2ccccc2)c2ccccc2)[PH+](c2ccccc2)c2ccccc2)cc1. The van der Waals surface area contributed by atoms with Crippen molar-refractivity contribution in [1.29, 1.82) is 0 Å². The van der Waals surface area contributed by atoms with Crippen molar-refractivity contribution in [2.75, 3.05) is 0 Å². The number of ketones is 1. The van der Waals surface area contributed by atoms with Crippen molar-refractivity contribution in [3.63, 3.8) is 0 Å². The number of Topliss-reactive ketones (excluding diaryl/α,β-unsaturated/α-hetero) is 1. The molecule has 4 nitrogen and oxygen atoms in total. The Labute approximate surface area is 544 Å². The Kier molecular flexibility index (Phi) is 36.9. The summed E-state index contributed by atoms with van der Waals surface area (Å²) in [5.41, 5.74) is -2.59. The van der Waals surface area contributed by atoms with E-state index in [2.05, 4.69) is 200 Å². The maximum absolute atomic E-state index is 10.7. The fraction of sp³-hybridized carbons (Fsp3) is 0.328. The average Bonchev–Trinajstić information content (AvgIpc) is 3.43. The summed E-state index contributed by atoms with van der Waals surface area (Å²) in [5.74, 6) is 6.72. The van der Waals surface area contributed by atoms with Crippen molar-refractivity contribution in [3.05, 3.63) is 201 Å². The fourth-order valence-corrected chi connectivity index (χ4v) is 25.2. The maximum atomic E-state index is 9.87. The predicted octanol–water partition coefficient (Wildman–Crippen LogP) is 14.6. The van der Waals surface area contributed by atoms with E-state index in [4.69, 9.17) is 19.3 Å². The normalized spacial score (nSPS) is 16.0. The fourth-order valence-electron chi connectivity index (χ4n) is 9.42. The molecular formula is C64H73Au3CuF6O4P4+3. The minimum atomic E-state index is -10.7. The van der Waals surface area contributed by atoms with E-state index in [-0.39, 0.29) is 90.0 Å². The maximum Gasteiger partial charge on any atom is 1.00 e. The van der Waals surface area contributed by atoms with Gasteiger partial charge in [0.15, 0.2) is 0 Å². The number of hydrogen-bond donors (Lipinski definition) is 3. The van der Waals surface area contributed by atoms with Crippen LogP contribution in [0.15, 0.2) is 182 Å². The molecule has 0 unspecified atom stereocenters. The smallest absolute Gasteiger partial charge is 0.691 e. The van der Waals surface area contributed by atoms with E-state index in [1.54, 1.807) is 0 Å². The molecule has 0 aromatic heterocycles. The molecule has 82 heavy (non-hydrogen) atoms. The van der Waals surface area contributed by atoms with E-state index in [1.165, 1.54) is 64.9 Å². The number of aliphatic hydroxyl groups is 3. The second-order valence-electron chi connectivity index (χ2n) is 19.9. The Bertz CT molecular complexity index is 2410. The Morgan fingerprint density at radius 2 is 0.524 bits per heavy atom. The van der Waals surface area contributed by atoms with Crippen LogP contribution in [0, 0.1) is 37.0 Å². The molecular weight excluding hydrogens is 1730 g/mol. The minimum Gasteiger partial charge on any atom is -0.691 e. The molecule has 0 spiro atoms. The molecule has 3 saturated carbocycles. The molecule has 3 N–H and O–H groups in total. The third kappa shape index (κ3) is 31.3. The molecule has 9 rings (SSSR count). The van der Waals surface area contributed by atoms with Gasteiger partial charge < -0.3 is 57.1 Å². The number of carbonyl (C=O) groups excluding carboxylic acids is 1. The van der Waals surface area contributed by atoms with Crippen LogP contribution >= 0.6 is 31.6 Å². The molecule has 18 heteroatoms. The van der Waals surface area contributed by atoms with E-state index >= 15 is 0 Å². The molecule has 3 fully saturated rings. The first-order valence-corrected chi connectivity index (χ1v) is 33.1. The second-order valence-corrected chi connectivity index (χ2v) is 31.2. The van der Waals surface area contributed by atoms with Gasteiger partial charge in [-0.25, -0.2) is 0 Å². The van der Waals surface area contributed by atoms with Crippen LogP contribution in [-0.4, -0.2) is 43.0 Å². The number of rotatable bonds is 9. The number of hydrogen-bond acceptors (Lipinski definition) is 4. The molecule has 0 aliphatic heterocycles. The Hall–Kier alpha value is -2.41. The van der Waals surface area contributed by atoms with Gasteiger partial charge in [0.2, 0.25) is 0 Å². The number of carbonyl (C=O) groups is 1. The van der Waals surface area contributed by atoms with Crippen LogP contribution in [0.1, 0.15) is 110 Å². The molecule has 0 heterocycles. The Balaban J connectivity index is 0.00000126. The van der Waals surface area contributed by atoms with Crippen molar-refractivity contribution in [1.82, 2.24) is 0 Å². The summed E-state index contributed by atoms with van der Waals surface area (Å²) < 4.78 is 59.2. The summed E-state index contributed by atoms with van der Waals surface area (Å²) in [5, 5.41) is 37.6. The quantitative estimate of drug-likeness (QED) is 0.0443. The van der Waals surface area contributed by atoms with E-state index in [1.807, 2.05) is 0 Å². The molecule has 0 radical (unpaired) electrons. The van der Waals surface area contributed by atoms with Crippen LogP contribution in [0.3, 0.4) is 0 Å². The summed E-state index contributed by atoms with van der Waals surface area (Å²) in [6.07, 6.45) is 34.6. The van der Waals surface area contributed by atoms with Gasteiger partial charge in [0.05, 0.1) is 16.8 Å². The molecule has 456 valence electrons. The van der Waals surface area contributed by atoms with Gasteiger partial charge in [-0.05, 0) is 164 Å². The Morgan fingerprint density at radius 3 is 0.634 bits per heavy atom. The molecule has 0 saturated heterocycles. The van der Waals surface area contributed by atoms with E-state index in [9.17, 15) is 45.3 Å². The van der Waals surface area contributed by atoms with Crippen LogP contribution < -0.4 is 31.8 Å². The zero-order valence-electron chi connectivity index (χ0n) is 45.7. The molecule has 0 amide bonds. The number of halogens is 6. The molecule has 6 aromatic rings. The monoisotopic (exact) mass is 1800 g/mol. The molecule has 3 aliphatic carbocycles. The van der Waals surface area contributed by atoms with Gasteiger partial charge in [0.25, 0.3) is 5.14 Å². The second kappa shape index (κ2) is 38.0. The van der Waals surface area contributed by atoms with Gasteiger partial charge in [0.1, 0.15) is 61.4 Å². The zero-order chi connectivity index (χ0) is 57.2. The first-order chi connectivity index (χ1) is 36.9. The van der Waals surface area contributed by atoms with E-state index in [0.717, 1.165) is 77.0 Å². The third-order valence-corrected chi connectivity index (χ3v) is 25.8.